The summed E-state index contributed by atoms with van der Waals surface area (Å²) in [5.74, 6) is 0. The van der Waals surface area contributed by atoms with Gasteiger partial charge in [0, 0.05) is 16.9 Å². The van der Waals surface area contributed by atoms with Gasteiger partial charge in [-0.25, -0.2) is 0 Å². The molecule has 0 aliphatic rings. The number of hydrogen-bond donors (Lipinski definition) is 2. The second-order valence-corrected chi connectivity index (χ2v) is 7.23. The first-order valence-corrected chi connectivity index (χ1v) is 9.60. The van der Waals surface area contributed by atoms with Crippen molar-refractivity contribution in [3.8, 4) is 0 Å². The van der Waals surface area contributed by atoms with E-state index in [4.69, 9.17) is 12.2 Å². The Morgan fingerprint density at radius 3 is 2.39 bits per heavy atom. The van der Waals surface area contributed by atoms with Gasteiger partial charge in [0.15, 0.2) is 5.11 Å². The fraction of sp³-hybridized carbons (Fsp3) is 0.227. The van der Waals surface area contributed by atoms with Crippen LogP contribution in [-0.4, -0.2) is 21.1 Å². The second-order valence-electron chi connectivity index (χ2n) is 6.82. The molecule has 2 aromatic carbocycles. The smallest absolute Gasteiger partial charge is 0.191 e. The molecule has 28 heavy (non-hydrogen) atoms. The molecule has 0 bridgehead atoms. The van der Waals surface area contributed by atoms with Crippen LogP contribution in [0.5, 0.6) is 0 Å². The topological polar surface area (TPSA) is 54.2 Å². The Kier molecular flexibility index (Phi) is 6.21. The minimum atomic E-state index is 0.459. The highest BCUT2D eigenvalue weighted by molar-refractivity contribution is 7.80. The zero-order valence-corrected chi connectivity index (χ0v) is 17.5. The summed E-state index contributed by atoms with van der Waals surface area (Å²) >= 11 is 5.37. The van der Waals surface area contributed by atoms with Gasteiger partial charge in [-0.1, -0.05) is 48.5 Å². The van der Waals surface area contributed by atoms with Crippen LogP contribution >= 0.6 is 12.2 Å². The number of rotatable bonds is 5. The lowest BCUT2D eigenvalue weighted by molar-refractivity contribution is 0.659. The highest BCUT2D eigenvalue weighted by atomic mass is 32.1. The van der Waals surface area contributed by atoms with Gasteiger partial charge in [0.2, 0.25) is 0 Å². The average Bonchev–Trinajstić information content (AvgIpc) is 2.93. The van der Waals surface area contributed by atoms with Gasteiger partial charge in [0.05, 0.1) is 18.5 Å². The van der Waals surface area contributed by atoms with Crippen LogP contribution in [0.2, 0.25) is 0 Å². The Balaban J connectivity index is 1.66. The van der Waals surface area contributed by atoms with Gasteiger partial charge in [0.1, 0.15) is 0 Å². The van der Waals surface area contributed by atoms with Crippen LogP contribution in [0.4, 0.5) is 5.69 Å². The van der Waals surface area contributed by atoms with Crippen molar-refractivity contribution in [3.63, 3.8) is 0 Å². The van der Waals surface area contributed by atoms with Crippen molar-refractivity contribution in [2.75, 3.05) is 5.32 Å². The normalized spacial score (nSPS) is 11.0. The molecule has 0 spiro atoms. The fourth-order valence-electron chi connectivity index (χ4n) is 3.12. The second kappa shape index (κ2) is 8.80. The van der Waals surface area contributed by atoms with Gasteiger partial charge in [-0.2, -0.15) is 10.2 Å². The van der Waals surface area contributed by atoms with Crippen LogP contribution in [0, 0.1) is 27.7 Å². The first-order chi connectivity index (χ1) is 13.5. The summed E-state index contributed by atoms with van der Waals surface area (Å²) in [6.07, 6.45) is 1.78. The van der Waals surface area contributed by atoms with Crippen molar-refractivity contribution in [3.05, 3.63) is 82.2 Å². The first kappa shape index (κ1) is 19.8. The molecule has 0 atom stereocenters. The quantitative estimate of drug-likeness (QED) is 0.382. The SMILES string of the molecule is Cc1cccc(C)c1NC(=S)N/N=C/c1c(C)nn(Cc2ccccc2)c1C. The maximum absolute atomic E-state index is 5.37. The van der Waals surface area contributed by atoms with Gasteiger partial charge < -0.3 is 5.32 Å². The highest BCUT2D eigenvalue weighted by Crippen LogP contribution is 2.19. The molecule has 0 fully saturated rings. The molecule has 3 rings (SSSR count). The predicted octanol–water partition coefficient (Wildman–Crippen LogP) is 4.49. The number of thiocarbonyl (C=S) groups is 1. The molecule has 1 heterocycles. The molecule has 1 aromatic heterocycles. The van der Waals surface area contributed by atoms with E-state index in [2.05, 4.69) is 66.0 Å². The number of benzene rings is 2. The molecule has 0 radical (unpaired) electrons. The molecule has 6 heteroatoms. The van der Waals surface area contributed by atoms with Crippen molar-refractivity contribution < 1.29 is 0 Å². The number of hydrazone groups is 1. The molecule has 0 saturated carbocycles. The monoisotopic (exact) mass is 391 g/mol. The molecular weight excluding hydrogens is 366 g/mol. The van der Waals surface area contributed by atoms with Gasteiger partial charge in [-0.15, -0.1) is 0 Å². The number of nitrogens with zero attached hydrogens (tertiary/aromatic N) is 3. The number of anilines is 1. The Hall–Kier alpha value is -2.99. The van der Waals surface area contributed by atoms with Crippen LogP contribution in [-0.2, 0) is 6.54 Å². The Morgan fingerprint density at radius 2 is 1.71 bits per heavy atom. The third kappa shape index (κ3) is 4.64. The van der Waals surface area contributed by atoms with Crippen LogP contribution in [0.1, 0.15) is 33.6 Å². The van der Waals surface area contributed by atoms with E-state index in [0.29, 0.717) is 5.11 Å². The minimum absolute atomic E-state index is 0.459. The van der Waals surface area contributed by atoms with Gasteiger partial charge in [-0.05, 0) is 56.6 Å². The third-order valence-electron chi connectivity index (χ3n) is 4.69. The lowest BCUT2D eigenvalue weighted by Gasteiger charge is -2.12. The van der Waals surface area contributed by atoms with Crippen molar-refractivity contribution >= 4 is 29.2 Å². The summed E-state index contributed by atoms with van der Waals surface area (Å²) in [5.41, 5.74) is 10.4. The summed E-state index contributed by atoms with van der Waals surface area (Å²) in [5, 5.41) is 12.6. The maximum Gasteiger partial charge on any atom is 0.191 e. The molecule has 0 unspecified atom stereocenters. The number of para-hydroxylation sites is 1. The number of nitrogens with one attached hydrogen (secondary N) is 2. The maximum atomic E-state index is 5.37. The lowest BCUT2D eigenvalue weighted by Crippen LogP contribution is -2.24. The molecule has 0 aliphatic carbocycles. The third-order valence-corrected chi connectivity index (χ3v) is 4.89. The fourth-order valence-corrected chi connectivity index (χ4v) is 3.27. The van der Waals surface area contributed by atoms with E-state index in [1.54, 1.807) is 6.21 Å². The van der Waals surface area contributed by atoms with E-state index in [-0.39, 0.29) is 0 Å². The zero-order chi connectivity index (χ0) is 20.1. The van der Waals surface area contributed by atoms with Gasteiger partial charge in [0.25, 0.3) is 0 Å². The van der Waals surface area contributed by atoms with E-state index < -0.39 is 0 Å². The lowest BCUT2D eigenvalue weighted by atomic mass is 10.1. The average molecular weight is 392 g/mol. The number of aromatic nitrogens is 2. The summed E-state index contributed by atoms with van der Waals surface area (Å²) in [4.78, 5) is 0. The van der Waals surface area contributed by atoms with Gasteiger partial charge in [-0.3, -0.25) is 10.1 Å². The summed E-state index contributed by atoms with van der Waals surface area (Å²) in [6.45, 7) is 8.88. The van der Waals surface area contributed by atoms with E-state index in [1.807, 2.05) is 35.9 Å². The molecule has 0 saturated heterocycles. The predicted molar refractivity (Wildman–Crippen MR) is 120 cm³/mol. The van der Waals surface area contributed by atoms with Crippen molar-refractivity contribution in [1.82, 2.24) is 15.2 Å². The van der Waals surface area contributed by atoms with E-state index in [0.717, 1.165) is 40.3 Å². The van der Waals surface area contributed by atoms with Crippen molar-refractivity contribution in [2.24, 2.45) is 5.10 Å². The van der Waals surface area contributed by atoms with E-state index >= 15 is 0 Å². The molecule has 2 N–H and O–H groups in total. The Labute approximate surface area is 171 Å². The highest BCUT2D eigenvalue weighted by Gasteiger charge is 2.10. The standard InChI is InChI=1S/C22H25N5S/c1-15-9-8-10-16(2)21(15)24-22(28)25-23-13-20-17(3)26-27(18(20)4)14-19-11-6-5-7-12-19/h5-13H,14H2,1-4H3,(H2,24,25,28)/b23-13+. The van der Waals surface area contributed by atoms with Crippen LogP contribution in [0.3, 0.4) is 0 Å². The largest absolute Gasteiger partial charge is 0.331 e. The molecule has 0 aliphatic heterocycles. The van der Waals surface area contributed by atoms with Crippen LogP contribution < -0.4 is 10.7 Å². The Bertz CT molecular complexity index is 985. The molecule has 144 valence electrons. The Morgan fingerprint density at radius 1 is 1.04 bits per heavy atom. The molecule has 5 nitrogen and oxygen atoms in total. The summed E-state index contributed by atoms with van der Waals surface area (Å²) in [7, 11) is 0. The van der Waals surface area contributed by atoms with Crippen LogP contribution in [0.15, 0.2) is 53.6 Å². The number of hydrogen-bond acceptors (Lipinski definition) is 3. The van der Waals surface area contributed by atoms with E-state index in [9.17, 15) is 0 Å². The molecule has 3 aromatic rings. The zero-order valence-electron chi connectivity index (χ0n) is 16.7. The van der Waals surface area contributed by atoms with Gasteiger partial charge >= 0.3 is 0 Å². The summed E-state index contributed by atoms with van der Waals surface area (Å²) < 4.78 is 2.00. The van der Waals surface area contributed by atoms with Crippen molar-refractivity contribution in [1.29, 1.82) is 0 Å². The van der Waals surface area contributed by atoms with Crippen LogP contribution in [0.25, 0.3) is 0 Å². The first-order valence-electron chi connectivity index (χ1n) is 9.20. The minimum Gasteiger partial charge on any atom is -0.331 e. The number of aryl methyl sites for hydroxylation is 3. The molecular formula is C22H25N5S. The summed E-state index contributed by atoms with van der Waals surface area (Å²) in [6, 6.07) is 16.4. The van der Waals surface area contributed by atoms with Crippen molar-refractivity contribution in [2.45, 2.75) is 34.2 Å². The molecule has 0 amide bonds. The van der Waals surface area contributed by atoms with E-state index in [1.165, 1.54) is 5.56 Å².